The summed E-state index contributed by atoms with van der Waals surface area (Å²) < 4.78 is 4.87. The molecule has 0 saturated heterocycles. The lowest BCUT2D eigenvalue weighted by molar-refractivity contribution is -0.393. The second-order valence-electron chi connectivity index (χ2n) is 5.11. The van der Waals surface area contributed by atoms with Gasteiger partial charge in [-0.1, -0.05) is 17.7 Å². The lowest BCUT2D eigenvalue weighted by Gasteiger charge is -2.12. The number of anilines is 2. The molecule has 0 unspecified atom stereocenters. The number of esters is 1. The van der Waals surface area contributed by atoms with Crippen LogP contribution in [0.15, 0.2) is 36.4 Å². The fourth-order valence-corrected chi connectivity index (χ4v) is 2.14. The van der Waals surface area contributed by atoms with Crippen molar-refractivity contribution in [3.63, 3.8) is 0 Å². The van der Waals surface area contributed by atoms with Crippen LogP contribution in [-0.4, -0.2) is 22.4 Å². The first-order chi connectivity index (χ1) is 11.8. The zero-order valence-corrected chi connectivity index (χ0v) is 13.5. The smallest absolute Gasteiger partial charge is 0.340 e. The van der Waals surface area contributed by atoms with Gasteiger partial charge in [-0.2, -0.15) is 0 Å². The van der Waals surface area contributed by atoms with E-state index >= 15 is 0 Å². The topological polar surface area (TPSA) is 125 Å². The molecule has 2 rings (SSSR count). The van der Waals surface area contributed by atoms with E-state index in [4.69, 9.17) is 4.74 Å². The number of ether oxygens (including phenoxy) is 1. The van der Waals surface area contributed by atoms with Crippen LogP contribution in [0.3, 0.4) is 0 Å². The van der Waals surface area contributed by atoms with Crippen LogP contribution in [0.2, 0.25) is 0 Å². The first-order valence-corrected chi connectivity index (χ1v) is 7.31. The lowest BCUT2D eigenvalue weighted by atomic mass is 10.1. The molecule has 0 fully saturated rings. The van der Waals surface area contributed by atoms with Crippen molar-refractivity contribution in [3.8, 4) is 0 Å². The number of hydrogen-bond acceptors (Lipinski definition) is 7. The van der Waals surface area contributed by atoms with Crippen molar-refractivity contribution in [2.24, 2.45) is 0 Å². The van der Waals surface area contributed by atoms with Crippen LogP contribution in [0.4, 0.5) is 22.7 Å². The van der Waals surface area contributed by atoms with Gasteiger partial charge in [0, 0.05) is 11.8 Å². The van der Waals surface area contributed by atoms with Gasteiger partial charge in [0.05, 0.1) is 28.1 Å². The summed E-state index contributed by atoms with van der Waals surface area (Å²) in [5.74, 6) is -0.885. The summed E-state index contributed by atoms with van der Waals surface area (Å²) >= 11 is 0. The number of nitro benzene ring substituents is 2. The van der Waals surface area contributed by atoms with Gasteiger partial charge in [-0.15, -0.1) is 0 Å². The van der Waals surface area contributed by atoms with Gasteiger partial charge >= 0.3 is 5.97 Å². The predicted molar refractivity (Wildman–Crippen MR) is 90.2 cm³/mol. The molecule has 0 amide bonds. The van der Waals surface area contributed by atoms with E-state index in [1.807, 2.05) is 6.92 Å². The van der Waals surface area contributed by atoms with Crippen LogP contribution in [-0.2, 0) is 4.74 Å². The fraction of sp³-hybridized carbons (Fsp3) is 0.188. The minimum absolute atomic E-state index is 0.0271. The molecule has 0 atom stereocenters. The van der Waals surface area contributed by atoms with E-state index < -0.39 is 27.2 Å². The maximum absolute atomic E-state index is 12.2. The molecule has 9 nitrogen and oxygen atoms in total. The van der Waals surface area contributed by atoms with Crippen molar-refractivity contribution in [2.45, 2.75) is 13.8 Å². The molecule has 2 aromatic rings. The number of nitrogens with one attached hydrogen (secondary N) is 1. The van der Waals surface area contributed by atoms with Crippen molar-refractivity contribution in [1.82, 2.24) is 0 Å². The number of rotatable bonds is 6. The lowest BCUT2D eigenvalue weighted by Crippen LogP contribution is -2.11. The summed E-state index contributed by atoms with van der Waals surface area (Å²) in [5, 5.41) is 25.2. The highest BCUT2D eigenvalue weighted by Gasteiger charge is 2.28. The minimum Gasteiger partial charge on any atom is -0.462 e. The Morgan fingerprint density at radius 3 is 2.28 bits per heavy atom. The Labute approximate surface area is 142 Å². The first kappa shape index (κ1) is 17.9. The van der Waals surface area contributed by atoms with E-state index in [0.717, 1.165) is 17.7 Å². The third-order valence-corrected chi connectivity index (χ3v) is 3.33. The van der Waals surface area contributed by atoms with Gasteiger partial charge in [0.1, 0.15) is 5.69 Å². The van der Waals surface area contributed by atoms with Crippen LogP contribution < -0.4 is 5.32 Å². The summed E-state index contributed by atoms with van der Waals surface area (Å²) in [6.45, 7) is 3.47. The number of hydrogen-bond donors (Lipinski definition) is 1. The van der Waals surface area contributed by atoms with Crippen LogP contribution in [0.25, 0.3) is 0 Å². The average Bonchev–Trinajstić information content (AvgIpc) is 2.56. The van der Waals surface area contributed by atoms with Crippen LogP contribution in [0.1, 0.15) is 22.8 Å². The van der Waals surface area contributed by atoms with Crippen molar-refractivity contribution in [3.05, 3.63) is 67.8 Å². The van der Waals surface area contributed by atoms with E-state index in [2.05, 4.69) is 5.32 Å². The highest BCUT2D eigenvalue weighted by molar-refractivity contribution is 6.00. The van der Waals surface area contributed by atoms with Crippen LogP contribution >= 0.6 is 0 Å². The Morgan fingerprint density at radius 2 is 1.76 bits per heavy atom. The average molecular weight is 345 g/mol. The molecular formula is C16H15N3O6. The molecule has 0 radical (unpaired) electrons. The molecule has 2 aromatic carbocycles. The number of nitrogens with zero attached hydrogens (tertiary/aromatic N) is 2. The molecule has 25 heavy (non-hydrogen) atoms. The number of non-ortho nitro benzene ring substituents is 1. The molecule has 0 aliphatic rings. The number of benzene rings is 2. The molecule has 0 saturated carbocycles. The van der Waals surface area contributed by atoms with Crippen LogP contribution in [0.5, 0.6) is 0 Å². The van der Waals surface area contributed by atoms with Gasteiger partial charge in [0.25, 0.3) is 11.4 Å². The Kier molecular flexibility index (Phi) is 5.28. The summed E-state index contributed by atoms with van der Waals surface area (Å²) in [6.07, 6.45) is 0. The molecule has 9 heteroatoms. The third kappa shape index (κ3) is 4.08. The van der Waals surface area contributed by atoms with Gasteiger partial charge in [0.2, 0.25) is 0 Å². The molecule has 130 valence electrons. The minimum atomic E-state index is -0.885. The third-order valence-electron chi connectivity index (χ3n) is 3.33. The van der Waals surface area contributed by atoms with E-state index in [0.29, 0.717) is 5.69 Å². The number of aryl methyl sites for hydroxylation is 1. The Balaban J connectivity index is 2.64. The molecular weight excluding hydrogens is 330 g/mol. The highest BCUT2D eigenvalue weighted by Crippen LogP contribution is 2.36. The fourth-order valence-electron chi connectivity index (χ4n) is 2.14. The largest absolute Gasteiger partial charge is 0.462 e. The molecule has 0 aliphatic heterocycles. The van der Waals surface area contributed by atoms with E-state index in [1.165, 1.54) is 0 Å². The standard InChI is InChI=1S/C16H15N3O6/c1-3-25-16(20)13-8-12(18(21)22)9-14(19(23)24)15(13)17-11-6-4-10(2)5-7-11/h4-9,17H,3H2,1-2H3. The Morgan fingerprint density at radius 1 is 1.12 bits per heavy atom. The number of nitro groups is 2. The van der Waals surface area contributed by atoms with Crippen LogP contribution in [0, 0.1) is 27.2 Å². The Hall–Kier alpha value is -3.49. The monoisotopic (exact) mass is 345 g/mol. The molecule has 0 bridgehead atoms. The van der Waals surface area contributed by atoms with Crippen molar-refractivity contribution < 1.29 is 19.4 Å². The van der Waals surface area contributed by atoms with Gasteiger partial charge in [0.15, 0.2) is 0 Å². The zero-order chi connectivity index (χ0) is 18.6. The summed E-state index contributed by atoms with van der Waals surface area (Å²) in [7, 11) is 0. The molecule has 0 aliphatic carbocycles. The predicted octanol–water partition coefficient (Wildman–Crippen LogP) is 3.73. The SMILES string of the molecule is CCOC(=O)c1cc([N+](=O)[O-])cc([N+](=O)[O-])c1Nc1ccc(C)cc1. The second-order valence-corrected chi connectivity index (χ2v) is 5.11. The van der Waals surface area contributed by atoms with Gasteiger partial charge in [-0.25, -0.2) is 4.79 Å². The first-order valence-electron chi connectivity index (χ1n) is 7.31. The summed E-state index contributed by atoms with van der Waals surface area (Å²) in [6, 6.07) is 8.68. The van der Waals surface area contributed by atoms with Gasteiger partial charge in [-0.05, 0) is 26.0 Å². The van der Waals surface area contributed by atoms with Crippen molar-refractivity contribution in [2.75, 3.05) is 11.9 Å². The van der Waals surface area contributed by atoms with E-state index in [9.17, 15) is 25.0 Å². The summed E-state index contributed by atoms with van der Waals surface area (Å²) in [4.78, 5) is 33.0. The number of carbonyl (C=O) groups excluding carboxylic acids is 1. The van der Waals surface area contributed by atoms with Gasteiger partial charge < -0.3 is 10.1 Å². The van der Waals surface area contributed by atoms with E-state index in [1.54, 1.807) is 31.2 Å². The second kappa shape index (κ2) is 7.39. The normalized spacial score (nSPS) is 10.2. The zero-order valence-electron chi connectivity index (χ0n) is 13.5. The molecule has 0 aromatic heterocycles. The van der Waals surface area contributed by atoms with Gasteiger partial charge in [-0.3, -0.25) is 20.2 Å². The summed E-state index contributed by atoms with van der Waals surface area (Å²) in [5.41, 5.74) is -0.106. The van der Waals surface area contributed by atoms with Crippen molar-refractivity contribution in [1.29, 1.82) is 0 Å². The van der Waals surface area contributed by atoms with Crippen molar-refractivity contribution >= 4 is 28.7 Å². The maximum atomic E-state index is 12.2. The van der Waals surface area contributed by atoms with E-state index in [-0.39, 0.29) is 17.9 Å². The maximum Gasteiger partial charge on any atom is 0.340 e. The molecule has 0 heterocycles. The molecule has 1 N–H and O–H groups in total. The Bertz CT molecular complexity index is 833. The quantitative estimate of drug-likeness (QED) is 0.480. The highest BCUT2D eigenvalue weighted by atomic mass is 16.6. The number of carbonyl (C=O) groups is 1. The molecule has 0 spiro atoms.